The van der Waals surface area contributed by atoms with E-state index in [1.165, 1.54) is 32.0 Å². The van der Waals surface area contributed by atoms with E-state index in [4.69, 9.17) is 0 Å². The van der Waals surface area contributed by atoms with E-state index < -0.39 is 0 Å². The molecule has 4 rings (SSSR count). The van der Waals surface area contributed by atoms with Crippen LogP contribution in [-0.4, -0.2) is 35.1 Å². The van der Waals surface area contributed by atoms with Gasteiger partial charge in [-0.3, -0.25) is 0 Å². The SMILES string of the molecule is Fc1cc2nc(NC3CCN(C4CC4)CC3)ccc2cc1Br. The number of anilines is 1. The van der Waals surface area contributed by atoms with Gasteiger partial charge in [0, 0.05) is 36.6 Å². The minimum absolute atomic E-state index is 0.269. The van der Waals surface area contributed by atoms with E-state index in [1.807, 2.05) is 12.1 Å². The number of likely N-dealkylation sites (tertiary alicyclic amines) is 1. The molecule has 2 aliphatic rings. The molecule has 0 spiro atoms. The zero-order valence-electron chi connectivity index (χ0n) is 12.4. The molecule has 0 bridgehead atoms. The van der Waals surface area contributed by atoms with Crippen LogP contribution in [0, 0.1) is 5.82 Å². The molecular formula is C17H19BrFN3. The lowest BCUT2D eigenvalue weighted by Gasteiger charge is -2.32. The molecule has 1 aromatic carbocycles. The molecule has 0 radical (unpaired) electrons. The smallest absolute Gasteiger partial charge is 0.139 e. The maximum absolute atomic E-state index is 13.7. The van der Waals surface area contributed by atoms with Crippen molar-refractivity contribution < 1.29 is 4.39 Å². The lowest BCUT2D eigenvalue weighted by Crippen LogP contribution is -2.40. The quantitative estimate of drug-likeness (QED) is 0.886. The number of fused-ring (bicyclic) bond motifs is 1. The standard InChI is InChI=1S/C17H19BrFN3/c18-14-9-11-1-4-17(21-16(11)10-15(14)19)20-12-5-7-22(8-6-12)13-2-3-13/h1,4,9-10,12-13H,2-3,5-8H2,(H,20,21). The van der Waals surface area contributed by atoms with Crippen LogP contribution in [0.1, 0.15) is 25.7 Å². The molecule has 3 nitrogen and oxygen atoms in total. The molecule has 116 valence electrons. The van der Waals surface area contributed by atoms with Gasteiger partial charge < -0.3 is 10.2 Å². The first-order chi connectivity index (χ1) is 10.7. The van der Waals surface area contributed by atoms with Crippen molar-refractivity contribution in [2.75, 3.05) is 18.4 Å². The van der Waals surface area contributed by atoms with E-state index in [1.54, 1.807) is 6.07 Å². The van der Waals surface area contributed by atoms with Gasteiger partial charge in [0.25, 0.3) is 0 Å². The van der Waals surface area contributed by atoms with Crippen LogP contribution in [-0.2, 0) is 0 Å². The minimum Gasteiger partial charge on any atom is -0.367 e. The summed E-state index contributed by atoms with van der Waals surface area (Å²) in [6, 6.07) is 8.57. The van der Waals surface area contributed by atoms with Gasteiger partial charge in [0.15, 0.2) is 0 Å². The van der Waals surface area contributed by atoms with Gasteiger partial charge in [-0.05, 0) is 59.8 Å². The fourth-order valence-electron chi connectivity index (χ4n) is 3.26. The molecule has 2 aromatic rings. The highest BCUT2D eigenvalue weighted by atomic mass is 79.9. The predicted molar refractivity (Wildman–Crippen MR) is 90.6 cm³/mol. The summed E-state index contributed by atoms with van der Waals surface area (Å²) in [5, 5.41) is 4.46. The predicted octanol–water partition coefficient (Wildman–Crippen LogP) is 4.18. The zero-order chi connectivity index (χ0) is 15.1. The number of benzene rings is 1. The summed E-state index contributed by atoms with van der Waals surface area (Å²) in [6.07, 6.45) is 5.08. The second-order valence-corrected chi connectivity index (χ2v) is 7.20. The molecule has 0 atom stereocenters. The molecule has 5 heteroatoms. The number of halogens is 2. The summed E-state index contributed by atoms with van der Waals surface area (Å²) >= 11 is 3.21. The number of piperidine rings is 1. The van der Waals surface area contributed by atoms with Crippen LogP contribution in [0.2, 0.25) is 0 Å². The van der Waals surface area contributed by atoms with Gasteiger partial charge in [-0.25, -0.2) is 9.37 Å². The fourth-order valence-corrected chi connectivity index (χ4v) is 3.62. The lowest BCUT2D eigenvalue weighted by atomic mass is 10.0. The molecular weight excluding hydrogens is 345 g/mol. The van der Waals surface area contributed by atoms with Crippen molar-refractivity contribution in [2.24, 2.45) is 0 Å². The van der Waals surface area contributed by atoms with Crippen molar-refractivity contribution in [3.63, 3.8) is 0 Å². The van der Waals surface area contributed by atoms with Crippen molar-refractivity contribution in [2.45, 2.75) is 37.8 Å². The van der Waals surface area contributed by atoms with E-state index in [-0.39, 0.29) is 5.82 Å². The zero-order valence-corrected chi connectivity index (χ0v) is 13.9. The van der Waals surface area contributed by atoms with Gasteiger partial charge in [0.05, 0.1) is 9.99 Å². The first kappa shape index (κ1) is 14.4. The number of nitrogens with zero attached hydrogens (tertiary/aromatic N) is 2. The number of aromatic nitrogens is 1. The summed E-state index contributed by atoms with van der Waals surface area (Å²) in [6.45, 7) is 2.36. The average Bonchev–Trinajstić information content (AvgIpc) is 3.34. The van der Waals surface area contributed by atoms with E-state index in [9.17, 15) is 4.39 Å². The largest absolute Gasteiger partial charge is 0.367 e. The van der Waals surface area contributed by atoms with Crippen molar-refractivity contribution in [1.82, 2.24) is 9.88 Å². The van der Waals surface area contributed by atoms with Crippen LogP contribution >= 0.6 is 15.9 Å². The highest BCUT2D eigenvalue weighted by Crippen LogP contribution is 2.30. The Kier molecular flexibility index (Phi) is 3.78. The molecule has 22 heavy (non-hydrogen) atoms. The Hall–Kier alpha value is -1.20. The summed E-state index contributed by atoms with van der Waals surface area (Å²) in [7, 11) is 0. The third kappa shape index (κ3) is 2.97. The number of hydrogen-bond acceptors (Lipinski definition) is 3. The summed E-state index contributed by atoms with van der Waals surface area (Å²) in [5.74, 6) is 0.578. The van der Waals surface area contributed by atoms with Crippen LogP contribution in [0.3, 0.4) is 0 Å². The maximum Gasteiger partial charge on any atom is 0.139 e. The first-order valence-corrected chi connectivity index (χ1v) is 8.75. The monoisotopic (exact) mass is 363 g/mol. The molecule has 0 unspecified atom stereocenters. The van der Waals surface area contributed by atoms with Gasteiger partial charge in [-0.1, -0.05) is 0 Å². The van der Waals surface area contributed by atoms with Crippen molar-refractivity contribution in [3.05, 3.63) is 34.6 Å². The maximum atomic E-state index is 13.7. The number of rotatable bonds is 3. The molecule has 1 aromatic heterocycles. The van der Waals surface area contributed by atoms with E-state index in [0.717, 1.165) is 30.1 Å². The van der Waals surface area contributed by atoms with Crippen LogP contribution in [0.25, 0.3) is 10.9 Å². The summed E-state index contributed by atoms with van der Waals surface area (Å²) in [5.41, 5.74) is 0.695. The highest BCUT2D eigenvalue weighted by molar-refractivity contribution is 9.10. The molecule has 2 fully saturated rings. The Bertz CT molecular complexity index is 694. The second kappa shape index (κ2) is 5.78. The van der Waals surface area contributed by atoms with Gasteiger partial charge in [-0.15, -0.1) is 0 Å². The van der Waals surface area contributed by atoms with Crippen molar-refractivity contribution >= 4 is 32.7 Å². The first-order valence-electron chi connectivity index (χ1n) is 7.95. The molecule has 1 N–H and O–H groups in total. The van der Waals surface area contributed by atoms with Crippen molar-refractivity contribution in [3.8, 4) is 0 Å². The number of pyridine rings is 1. The fraction of sp³-hybridized carbons (Fsp3) is 0.471. The second-order valence-electron chi connectivity index (χ2n) is 6.34. The van der Waals surface area contributed by atoms with Gasteiger partial charge in [0.1, 0.15) is 11.6 Å². The lowest BCUT2D eigenvalue weighted by molar-refractivity contribution is 0.210. The van der Waals surface area contributed by atoms with Crippen molar-refractivity contribution in [1.29, 1.82) is 0 Å². The van der Waals surface area contributed by atoms with Gasteiger partial charge in [0.2, 0.25) is 0 Å². The normalized spacial score (nSPS) is 20.5. The third-order valence-electron chi connectivity index (χ3n) is 4.68. The molecule has 0 amide bonds. The summed E-state index contributed by atoms with van der Waals surface area (Å²) < 4.78 is 14.1. The van der Waals surface area contributed by atoms with E-state index >= 15 is 0 Å². The molecule has 1 aliphatic heterocycles. The van der Waals surface area contributed by atoms with Crippen LogP contribution in [0.4, 0.5) is 10.2 Å². The Morgan fingerprint density at radius 3 is 2.64 bits per heavy atom. The minimum atomic E-state index is -0.269. The topological polar surface area (TPSA) is 28.2 Å². The Labute approximate surface area is 138 Å². The van der Waals surface area contributed by atoms with Crippen LogP contribution in [0.15, 0.2) is 28.7 Å². The highest BCUT2D eigenvalue weighted by Gasteiger charge is 2.31. The summed E-state index contributed by atoms with van der Waals surface area (Å²) in [4.78, 5) is 7.16. The molecule has 1 saturated heterocycles. The Balaban J connectivity index is 1.46. The molecule has 2 heterocycles. The molecule has 1 aliphatic carbocycles. The Morgan fingerprint density at radius 2 is 1.91 bits per heavy atom. The Morgan fingerprint density at radius 1 is 1.14 bits per heavy atom. The van der Waals surface area contributed by atoms with E-state index in [2.05, 4.69) is 31.1 Å². The average molecular weight is 364 g/mol. The van der Waals surface area contributed by atoms with Gasteiger partial charge in [-0.2, -0.15) is 0 Å². The third-order valence-corrected chi connectivity index (χ3v) is 5.28. The number of nitrogens with one attached hydrogen (secondary N) is 1. The van der Waals surface area contributed by atoms with E-state index in [0.29, 0.717) is 16.0 Å². The molecule has 1 saturated carbocycles. The number of hydrogen-bond donors (Lipinski definition) is 1. The van der Waals surface area contributed by atoms with Crippen LogP contribution in [0.5, 0.6) is 0 Å². The van der Waals surface area contributed by atoms with Gasteiger partial charge >= 0.3 is 0 Å². The van der Waals surface area contributed by atoms with Crippen LogP contribution < -0.4 is 5.32 Å².